The van der Waals surface area contributed by atoms with Crippen LogP contribution in [0.25, 0.3) is 0 Å². The molecule has 1 saturated heterocycles. The first-order chi connectivity index (χ1) is 9.77. The Labute approximate surface area is 122 Å². The Morgan fingerprint density at radius 2 is 1.76 bits per heavy atom. The van der Waals surface area contributed by atoms with E-state index in [1.54, 1.807) is 6.07 Å². The van der Waals surface area contributed by atoms with E-state index in [9.17, 15) is 13.2 Å². The normalized spacial score (nSPS) is 31.4. The number of nitrogens with two attached hydrogens (primary N) is 1. The van der Waals surface area contributed by atoms with Crippen LogP contribution >= 0.6 is 0 Å². The van der Waals surface area contributed by atoms with Crippen LogP contribution in [0.3, 0.4) is 0 Å². The number of rotatable bonds is 3. The molecule has 1 heterocycles. The molecule has 0 saturated carbocycles. The van der Waals surface area contributed by atoms with Crippen LogP contribution in [0.1, 0.15) is 37.9 Å². The summed E-state index contributed by atoms with van der Waals surface area (Å²) in [5, 5.41) is 0. The molecule has 0 aliphatic carbocycles. The molecule has 1 aliphatic rings. The summed E-state index contributed by atoms with van der Waals surface area (Å²) >= 11 is 0. The summed E-state index contributed by atoms with van der Waals surface area (Å²) in [5.41, 5.74) is 2.10. The molecule has 0 amide bonds. The quantitative estimate of drug-likeness (QED) is 0.665. The molecule has 3 N–H and O–H groups in total. The fourth-order valence-corrected chi connectivity index (χ4v) is 3.30. The van der Waals surface area contributed by atoms with Crippen LogP contribution in [0.5, 0.6) is 0 Å². The second-order valence-corrected chi connectivity index (χ2v) is 5.71. The summed E-state index contributed by atoms with van der Waals surface area (Å²) in [4.78, 5) is 0. The van der Waals surface area contributed by atoms with Crippen molar-refractivity contribution >= 4 is 0 Å². The molecule has 21 heavy (non-hydrogen) atoms. The highest BCUT2D eigenvalue weighted by Crippen LogP contribution is 2.43. The molecular weight excluding hydrogens is 281 g/mol. The van der Waals surface area contributed by atoms with E-state index in [4.69, 9.17) is 10.6 Å². The van der Waals surface area contributed by atoms with Crippen molar-refractivity contribution in [2.24, 2.45) is 17.7 Å². The zero-order valence-corrected chi connectivity index (χ0v) is 12.3. The predicted octanol–water partition coefficient (Wildman–Crippen LogP) is 3.27. The number of nitrogens with one attached hydrogen (secondary N) is 1. The molecule has 2 rings (SSSR count). The summed E-state index contributed by atoms with van der Waals surface area (Å²) < 4.78 is 45.3. The van der Waals surface area contributed by atoms with Crippen LogP contribution in [0.4, 0.5) is 13.2 Å². The van der Waals surface area contributed by atoms with Crippen molar-refractivity contribution in [3.05, 3.63) is 35.4 Å². The van der Waals surface area contributed by atoms with Gasteiger partial charge in [0.1, 0.15) is 0 Å². The lowest BCUT2D eigenvalue weighted by atomic mass is 9.79. The topological polar surface area (TPSA) is 47.3 Å². The van der Waals surface area contributed by atoms with Gasteiger partial charge < -0.3 is 4.74 Å². The summed E-state index contributed by atoms with van der Waals surface area (Å²) in [6.07, 6.45) is -4.56. The second-order valence-electron chi connectivity index (χ2n) is 5.71. The minimum atomic E-state index is -4.40. The smallest absolute Gasteiger partial charge is 0.375 e. The van der Waals surface area contributed by atoms with Crippen molar-refractivity contribution in [1.29, 1.82) is 0 Å². The molecule has 1 aliphatic heterocycles. The SMILES string of the molecule is CC1OC(C)C(C(NN)c2ccccc2C(F)(F)F)C1C. The van der Waals surface area contributed by atoms with Crippen molar-refractivity contribution in [1.82, 2.24) is 5.43 Å². The van der Waals surface area contributed by atoms with Crippen LogP contribution in [-0.2, 0) is 10.9 Å². The molecule has 0 aromatic heterocycles. The molecule has 5 unspecified atom stereocenters. The third kappa shape index (κ3) is 3.07. The lowest BCUT2D eigenvalue weighted by Gasteiger charge is -2.30. The maximum Gasteiger partial charge on any atom is 0.416 e. The fraction of sp³-hybridized carbons (Fsp3) is 0.600. The molecule has 6 heteroatoms. The summed E-state index contributed by atoms with van der Waals surface area (Å²) in [6.45, 7) is 5.80. The zero-order valence-electron chi connectivity index (χ0n) is 12.3. The molecule has 118 valence electrons. The van der Waals surface area contributed by atoms with Crippen molar-refractivity contribution in [2.75, 3.05) is 0 Å². The Morgan fingerprint density at radius 3 is 2.24 bits per heavy atom. The number of ether oxygens (including phenoxy) is 1. The van der Waals surface area contributed by atoms with Gasteiger partial charge in [0.15, 0.2) is 0 Å². The van der Waals surface area contributed by atoms with Gasteiger partial charge in [-0.25, -0.2) is 0 Å². The largest absolute Gasteiger partial charge is 0.416 e. The Hall–Kier alpha value is -1.11. The summed E-state index contributed by atoms with van der Waals surface area (Å²) in [5.74, 6) is 5.59. The maximum atomic E-state index is 13.2. The van der Waals surface area contributed by atoms with Crippen LogP contribution < -0.4 is 11.3 Å². The van der Waals surface area contributed by atoms with E-state index in [0.717, 1.165) is 6.07 Å². The van der Waals surface area contributed by atoms with Crippen LogP contribution in [0.15, 0.2) is 24.3 Å². The van der Waals surface area contributed by atoms with E-state index in [1.807, 2.05) is 20.8 Å². The number of hydrogen-bond donors (Lipinski definition) is 2. The van der Waals surface area contributed by atoms with Crippen molar-refractivity contribution in [3.8, 4) is 0 Å². The fourth-order valence-electron chi connectivity index (χ4n) is 3.30. The third-order valence-corrected chi connectivity index (χ3v) is 4.48. The van der Waals surface area contributed by atoms with Gasteiger partial charge in [0.05, 0.1) is 23.8 Å². The van der Waals surface area contributed by atoms with E-state index in [1.165, 1.54) is 12.1 Å². The molecule has 1 aromatic carbocycles. The Morgan fingerprint density at radius 1 is 1.14 bits per heavy atom. The van der Waals surface area contributed by atoms with Crippen LogP contribution in [0, 0.1) is 11.8 Å². The predicted molar refractivity (Wildman–Crippen MR) is 74.2 cm³/mol. The van der Waals surface area contributed by atoms with Crippen LogP contribution in [0.2, 0.25) is 0 Å². The lowest BCUT2D eigenvalue weighted by Crippen LogP contribution is -2.39. The van der Waals surface area contributed by atoms with Crippen molar-refractivity contribution in [3.63, 3.8) is 0 Å². The molecule has 5 atom stereocenters. The average Bonchev–Trinajstić information content (AvgIpc) is 2.66. The molecular formula is C15H21F3N2O. The Bertz CT molecular complexity index is 492. The van der Waals surface area contributed by atoms with E-state index >= 15 is 0 Å². The second kappa shape index (κ2) is 5.94. The third-order valence-electron chi connectivity index (χ3n) is 4.48. The van der Waals surface area contributed by atoms with Gasteiger partial charge >= 0.3 is 6.18 Å². The first-order valence-electron chi connectivity index (χ1n) is 7.05. The van der Waals surface area contributed by atoms with Gasteiger partial charge in [-0.1, -0.05) is 25.1 Å². The standard InChI is InChI=1S/C15H21F3N2O/c1-8-9(2)21-10(3)13(8)14(20-19)11-6-4-5-7-12(11)15(16,17)18/h4-10,13-14,20H,19H2,1-3H3. The van der Waals surface area contributed by atoms with E-state index in [0.29, 0.717) is 0 Å². The summed E-state index contributed by atoms with van der Waals surface area (Å²) in [6, 6.07) is 4.96. The number of halogens is 3. The maximum absolute atomic E-state index is 13.2. The monoisotopic (exact) mass is 302 g/mol. The number of alkyl halides is 3. The van der Waals surface area contributed by atoms with Gasteiger partial charge in [0, 0.05) is 5.92 Å². The number of hydrazine groups is 1. The number of hydrogen-bond acceptors (Lipinski definition) is 3. The first-order valence-corrected chi connectivity index (χ1v) is 7.05. The van der Waals surface area contributed by atoms with Gasteiger partial charge in [-0.3, -0.25) is 11.3 Å². The molecule has 0 spiro atoms. The van der Waals surface area contributed by atoms with Gasteiger partial charge in [-0.05, 0) is 31.4 Å². The highest BCUT2D eigenvalue weighted by Gasteiger charge is 2.44. The highest BCUT2D eigenvalue weighted by atomic mass is 19.4. The molecule has 3 nitrogen and oxygen atoms in total. The van der Waals surface area contributed by atoms with Gasteiger partial charge in [0.25, 0.3) is 0 Å². The Kier molecular flexibility index (Phi) is 4.60. The highest BCUT2D eigenvalue weighted by molar-refractivity contribution is 5.33. The van der Waals surface area contributed by atoms with E-state index in [2.05, 4.69) is 5.43 Å². The molecule has 1 aromatic rings. The molecule has 0 radical (unpaired) electrons. The van der Waals surface area contributed by atoms with Gasteiger partial charge in [-0.15, -0.1) is 0 Å². The minimum Gasteiger partial charge on any atom is -0.375 e. The number of benzene rings is 1. The van der Waals surface area contributed by atoms with Crippen LogP contribution in [-0.4, -0.2) is 12.2 Å². The van der Waals surface area contributed by atoms with Crippen molar-refractivity contribution < 1.29 is 17.9 Å². The van der Waals surface area contributed by atoms with Gasteiger partial charge in [-0.2, -0.15) is 13.2 Å². The summed E-state index contributed by atoms with van der Waals surface area (Å²) in [7, 11) is 0. The molecule has 1 fully saturated rings. The first kappa shape index (κ1) is 16.3. The minimum absolute atomic E-state index is 0.00102. The molecule has 0 bridgehead atoms. The van der Waals surface area contributed by atoms with Gasteiger partial charge in [0.2, 0.25) is 0 Å². The van der Waals surface area contributed by atoms with E-state index in [-0.39, 0.29) is 29.6 Å². The lowest BCUT2D eigenvalue weighted by molar-refractivity contribution is -0.138. The van der Waals surface area contributed by atoms with E-state index < -0.39 is 17.8 Å². The zero-order chi connectivity index (χ0) is 15.8. The van der Waals surface area contributed by atoms with Crippen molar-refractivity contribution in [2.45, 2.75) is 45.2 Å². The average molecular weight is 302 g/mol. The Balaban J connectivity index is 2.43.